The standard InChI is InChI=1S/C13H17N3/c1-2-9-16-12(5-1)11-14-13(16)6-10-15-7-3-4-8-15/h1-2,5,9,11H,3-4,6-8,10H2. The smallest absolute Gasteiger partial charge is 0.114 e. The molecule has 0 unspecified atom stereocenters. The molecule has 3 heteroatoms. The minimum absolute atomic E-state index is 1.05. The summed E-state index contributed by atoms with van der Waals surface area (Å²) in [7, 11) is 0. The van der Waals surface area contributed by atoms with Gasteiger partial charge in [0, 0.05) is 19.2 Å². The lowest BCUT2D eigenvalue weighted by Crippen LogP contribution is -2.22. The van der Waals surface area contributed by atoms with Gasteiger partial charge in [-0.1, -0.05) is 6.07 Å². The number of nitrogens with zero attached hydrogens (tertiary/aromatic N) is 3. The summed E-state index contributed by atoms with van der Waals surface area (Å²) in [5.41, 5.74) is 1.19. The van der Waals surface area contributed by atoms with Crippen LogP contribution in [0.2, 0.25) is 0 Å². The van der Waals surface area contributed by atoms with E-state index in [0.29, 0.717) is 0 Å². The van der Waals surface area contributed by atoms with E-state index < -0.39 is 0 Å². The summed E-state index contributed by atoms with van der Waals surface area (Å²) in [5, 5.41) is 0. The van der Waals surface area contributed by atoms with Gasteiger partial charge in [0.05, 0.1) is 11.7 Å². The first-order valence-electron chi connectivity index (χ1n) is 6.07. The van der Waals surface area contributed by atoms with Crippen molar-refractivity contribution in [1.29, 1.82) is 0 Å². The van der Waals surface area contributed by atoms with Gasteiger partial charge in [0.1, 0.15) is 5.82 Å². The van der Waals surface area contributed by atoms with Gasteiger partial charge in [-0.25, -0.2) is 4.98 Å². The molecule has 1 aliphatic heterocycles. The SMILES string of the molecule is c1ccn2c(CCN3CCCC3)ncc2c1. The van der Waals surface area contributed by atoms with E-state index in [4.69, 9.17) is 0 Å². The molecule has 2 aromatic rings. The molecule has 0 aromatic carbocycles. The van der Waals surface area contributed by atoms with Crippen LogP contribution in [0.15, 0.2) is 30.6 Å². The number of imidazole rings is 1. The molecule has 2 aromatic heterocycles. The molecule has 0 aliphatic carbocycles. The third kappa shape index (κ3) is 1.83. The molecule has 0 amide bonds. The third-order valence-electron chi connectivity index (χ3n) is 3.37. The van der Waals surface area contributed by atoms with Gasteiger partial charge in [-0.3, -0.25) is 0 Å². The molecule has 0 radical (unpaired) electrons. The van der Waals surface area contributed by atoms with Crippen molar-refractivity contribution >= 4 is 5.52 Å². The Kier molecular flexibility index (Phi) is 2.62. The van der Waals surface area contributed by atoms with Gasteiger partial charge in [-0.15, -0.1) is 0 Å². The number of hydrogen-bond donors (Lipinski definition) is 0. The first kappa shape index (κ1) is 9.85. The van der Waals surface area contributed by atoms with Gasteiger partial charge >= 0.3 is 0 Å². The number of likely N-dealkylation sites (tertiary alicyclic amines) is 1. The zero-order valence-electron chi connectivity index (χ0n) is 9.47. The van der Waals surface area contributed by atoms with Crippen LogP contribution in [0.1, 0.15) is 18.7 Å². The highest BCUT2D eigenvalue weighted by Gasteiger charge is 2.12. The fourth-order valence-corrected chi connectivity index (χ4v) is 2.45. The van der Waals surface area contributed by atoms with Crippen LogP contribution in [0, 0.1) is 0 Å². The summed E-state index contributed by atoms with van der Waals surface area (Å²) in [4.78, 5) is 7.02. The van der Waals surface area contributed by atoms with Gasteiger partial charge in [0.2, 0.25) is 0 Å². The van der Waals surface area contributed by atoms with Crippen molar-refractivity contribution in [2.45, 2.75) is 19.3 Å². The molecule has 0 saturated carbocycles. The zero-order valence-corrected chi connectivity index (χ0v) is 9.47. The second-order valence-corrected chi connectivity index (χ2v) is 4.47. The van der Waals surface area contributed by atoms with E-state index in [1.54, 1.807) is 0 Å². The maximum absolute atomic E-state index is 4.49. The molecule has 1 saturated heterocycles. The van der Waals surface area contributed by atoms with Crippen molar-refractivity contribution in [3.63, 3.8) is 0 Å². The van der Waals surface area contributed by atoms with Crippen molar-refractivity contribution in [2.24, 2.45) is 0 Å². The lowest BCUT2D eigenvalue weighted by atomic mass is 10.3. The molecular weight excluding hydrogens is 198 g/mol. The number of hydrogen-bond acceptors (Lipinski definition) is 2. The molecule has 1 aliphatic rings. The molecule has 16 heavy (non-hydrogen) atoms. The van der Waals surface area contributed by atoms with Gasteiger partial charge in [-0.2, -0.15) is 0 Å². The summed E-state index contributed by atoms with van der Waals surface area (Å²) < 4.78 is 2.19. The van der Waals surface area contributed by atoms with Crippen molar-refractivity contribution < 1.29 is 0 Å². The van der Waals surface area contributed by atoms with E-state index >= 15 is 0 Å². The van der Waals surface area contributed by atoms with Crippen LogP contribution in [0.3, 0.4) is 0 Å². The molecule has 3 nitrogen and oxygen atoms in total. The Morgan fingerprint density at radius 2 is 2.06 bits per heavy atom. The normalized spacial score (nSPS) is 17.2. The summed E-state index contributed by atoms with van der Waals surface area (Å²) in [6.45, 7) is 3.68. The summed E-state index contributed by atoms with van der Waals surface area (Å²) in [6.07, 6.45) is 7.84. The number of pyridine rings is 1. The lowest BCUT2D eigenvalue weighted by molar-refractivity contribution is 0.340. The summed E-state index contributed by atoms with van der Waals surface area (Å²) in [6, 6.07) is 6.22. The quantitative estimate of drug-likeness (QED) is 0.780. The van der Waals surface area contributed by atoms with Crippen molar-refractivity contribution in [1.82, 2.24) is 14.3 Å². The molecule has 0 bridgehead atoms. The maximum atomic E-state index is 4.49. The molecule has 1 fully saturated rings. The van der Waals surface area contributed by atoms with E-state index in [1.165, 1.54) is 37.3 Å². The first-order valence-corrected chi connectivity index (χ1v) is 6.07. The van der Waals surface area contributed by atoms with Gasteiger partial charge in [0.25, 0.3) is 0 Å². The Balaban J connectivity index is 1.73. The van der Waals surface area contributed by atoms with E-state index in [0.717, 1.165) is 13.0 Å². The fourth-order valence-electron chi connectivity index (χ4n) is 2.45. The van der Waals surface area contributed by atoms with Crippen molar-refractivity contribution in [3.05, 3.63) is 36.4 Å². The van der Waals surface area contributed by atoms with Gasteiger partial charge in [-0.05, 0) is 38.1 Å². The third-order valence-corrected chi connectivity index (χ3v) is 3.37. The highest BCUT2D eigenvalue weighted by atomic mass is 15.1. The Morgan fingerprint density at radius 1 is 1.19 bits per heavy atom. The van der Waals surface area contributed by atoms with Crippen molar-refractivity contribution in [2.75, 3.05) is 19.6 Å². The average Bonchev–Trinajstić information content (AvgIpc) is 2.96. The summed E-state index contributed by atoms with van der Waals surface area (Å²) >= 11 is 0. The molecule has 0 N–H and O–H groups in total. The van der Waals surface area contributed by atoms with Crippen LogP contribution in [-0.4, -0.2) is 33.9 Å². The van der Waals surface area contributed by atoms with Crippen LogP contribution in [0.5, 0.6) is 0 Å². The molecule has 84 valence electrons. The van der Waals surface area contributed by atoms with E-state index in [1.807, 2.05) is 6.20 Å². The second kappa shape index (κ2) is 4.26. The van der Waals surface area contributed by atoms with Crippen LogP contribution >= 0.6 is 0 Å². The highest BCUT2D eigenvalue weighted by molar-refractivity contribution is 5.45. The second-order valence-electron chi connectivity index (χ2n) is 4.47. The van der Waals surface area contributed by atoms with Crippen LogP contribution in [0.4, 0.5) is 0 Å². The van der Waals surface area contributed by atoms with Crippen molar-refractivity contribution in [3.8, 4) is 0 Å². The Bertz CT molecular complexity index is 469. The minimum Gasteiger partial charge on any atom is -0.304 e. The predicted molar refractivity (Wildman–Crippen MR) is 64.6 cm³/mol. The van der Waals surface area contributed by atoms with E-state index in [2.05, 4.69) is 38.7 Å². The Labute approximate surface area is 95.7 Å². The Hall–Kier alpha value is -1.35. The number of rotatable bonds is 3. The first-order chi connectivity index (χ1) is 7.93. The number of fused-ring (bicyclic) bond motifs is 1. The van der Waals surface area contributed by atoms with Gasteiger partial charge in [0.15, 0.2) is 0 Å². The molecule has 0 atom stereocenters. The van der Waals surface area contributed by atoms with E-state index in [9.17, 15) is 0 Å². The molecule has 3 heterocycles. The summed E-state index contributed by atoms with van der Waals surface area (Å²) in [5.74, 6) is 1.18. The fraction of sp³-hybridized carbons (Fsp3) is 0.462. The van der Waals surface area contributed by atoms with Crippen LogP contribution in [0.25, 0.3) is 5.52 Å². The molecular formula is C13H17N3. The largest absolute Gasteiger partial charge is 0.304 e. The topological polar surface area (TPSA) is 20.5 Å². The Morgan fingerprint density at radius 3 is 2.94 bits per heavy atom. The monoisotopic (exact) mass is 215 g/mol. The minimum atomic E-state index is 1.05. The lowest BCUT2D eigenvalue weighted by Gasteiger charge is -2.13. The van der Waals surface area contributed by atoms with Crippen LogP contribution in [-0.2, 0) is 6.42 Å². The molecule has 0 spiro atoms. The number of aromatic nitrogens is 2. The zero-order chi connectivity index (χ0) is 10.8. The molecule has 3 rings (SSSR count). The predicted octanol–water partition coefficient (Wildman–Crippen LogP) is 1.97. The van der Waals surface area contributed by atoms with Gasteiger partial charge < -0.3 is 9.30 Å². The highest BCUT2D eigenvalue weighted by Crippen LogP contribution is 2.10. The maximum Gasteiger partial charge on any atom is 0.114 e. The van der Waals surface area contributed by atoms with E-state index in [-0.39, 0.29) is 0 Å². The average molecular weight is 215 g/mol. The van der Waals surface area contributed by atoms with Crippen LogP contribution < -0.4 is 0 Å².